The number of nitrogens with one attached hydrogen (secondary N) is 1. The molecule has 0 bridgehead atoms. The maximum Gasteiger partial charge on any atom is 0.335 e. The van der Waals surface area contributed by atoms with Gasteiger partial charge in [0.15, 0.2) is 11.5 Å². The summed E-state index contributed by atoms with van der Waals surface area (Å²) in [5.41, 5.74) is 4.30. The van der Waals surface area contributed by atoms with Gasteiger partial charge in [-0.15, -0.1) is 0 Å². The van der Waals surface area contributed by atoms with E-state index in [0.717, 1.165) is 24.2 Å². The Morgan fingerprint density at radius 1 is 1.21 bits per heavy atom. The highest BCUT2D eigenvalue weighted by atomic mass is 79.9. The van der Waals surface area contributed by atoms with Crippen molar-refractivity contribution in [2.75, 3.05) is 39.5 Å². The van der Waals surface area contributed by atoms with Gasteiger partial charge in [0.2, 0.25) is 0 Å². The second-order valence-electron chi connectivity index (χ2n) is 7.24. The van der Waals surface area contributed by atoms with Gasteiger partial charge in [0, 0.05) is 13.1 Å². The van der Waals surface area contributed by atoms with Crippen molar-refractivity contribution in [1.82, 2.24) is 10.3 Å². The second-order valence-corrected chi connectivity index (χ2v) is 8.09. The topological polar surface area (TPSA) is 110 Å². The maximum atomic E-state index is 12.1. The molecule has 176 valence electrons. The van der Waals surface area contributed by atoms with Crippen molar-refractivity contribution < 1.29 is 28.9 Å². The Morgan fingerprint density at radius 3 is 2.61 bits per heavy atom. The van der Waals surface area contributed by atoms with Crippen LogP contribution in [0.4, 0.5) is 0 Å². The highest BCUT2D eigenvalue weighted by Crippen LogP contribution is 2.37. The van der Waals surface area contributed by atoms with Crippen molar-refractivity contribution in [2.45, 2.75) is 13.5 Å². The molecule has 0 atom stereocenters. The van der Waals surface area contributed by atoms with E-state index in [9.17, 15) is 9.59 Å². The lowest BCUT2D eigenvalue weighted by molar-refractivity contribution is -0.123. The molecule has 0 spiro atoms. The standard InChI is InChI=1S/C23H26BrN3O6/c1-2-32-20-12-17(13-25-26-21(28)14-27-7-9-31-10-8-27)11-19(24)22(20)33-15-16-3-5-18(6-4-16)23(29)30/h3-6,11-13H,2,7-10,14-15H2,1H3,(H,26,28)(H,29,30). The Balaban J connectivity index is 1.62. The van der Waals surface area contributed by atoms with Crippen LogP contribution in [-0.4, -0.2) is 67.6 Å². The molecule has 9 nitrogen and oxygen atoms in total. The van der Waals surface area contributed by atoms with E-state index < -0.39 is 5.97 Å². The third-order valence-corrected chi connectivity index (χ3v) is 5.38. The Morgan fingerprint density at radius 2 is 1.94 bits per heavy atom. The summed E-state index contributed by atoms with van der Waals surface area (Å²) < 4.78 is 17.6. The zero-order valence-electron chi connectivity index (χ0n) is 18.3. The molecular formula is C23H26BrN3O6. The van der Waals surface area contributed by atoms with Crippen molar-refractivity contribution in [1.29, 1.82) is 0 Å². The normalized spacial score (nSPS) is 14.2. The van der Waals surface area contributed by atoms with E-state index in [2.05, 4.69) is 26.5 Å². The van der Waals surface area contributed by atoms with Gasteiger partial charge in [0.25, 0.3) is 5.91 Å². The summed E-state index contributed by atoms with van der Waals surface area (Å²) >= 11 is 3.51. The number of carbonyl (C=O) groups excluding carboxylic acids is 1. The van der Waals surface area contributed by atoms with Crippen LogP contribution in [0.2, 0.25) is 0 Å². The average Bonchev–Trinajstić information content (AvgIpc) is 2.79. The van der Waals surface area contributed by atoms with Crippen LogP contribution in [0.25, 0.3) is 0 Å². The van der Waals surface area contributed by atoms with Gasteiger partial charge in [-0.25, -0.2) is 10.2 Å². The van der Waals surface area contributed by atoms with Crippen molar-refractivity contribution in [3.63, 3.8) is 0 Å². The van der Waals surface area contributed by atoms with Crippen LogP contribution in [0.5, 0.6) is 11.5 Å². The van der Waals surface area contributed by atoms with Crippen LogP contribution >= 0.6 is 15.9 Å². The minimum absolute atomic E-state index is 0.189. The van der Waals surface area contributed by atoms with Gasteiger partial charge in [-0.2, -0.15) is 5.10 Å². The van der Waals surface area contributed by atoms with Crippen LogP contribution in [0, 0.1) is 0 Å². The summed E-state index contributed by atoms with van der Waals surface area (Å²) in [4.78, 5) is 25.1. The van der Waals surface area contributed by atoms with Crippen molar-refractivity contribution in [3.8, 4) is 11.5 Å². The smallest absolute Gasteiger partial charge is 0.335 e. The zero-order valence-corrected chi connectivity index (χ0v) is 19.8. The summed E-state index contributed by atoms with van der Waals surface area (Å²) in [7, 11) is 0. The summed E-state index contributed by atoms with van der Waals surface area (Å²) in [6.07, 6.45) is 1.54. The molecule has 1 saturated heterocycles. The number of carboxylic acids is 1. The van der Waals surface area contributed by atoms with E-state index in [1.165, 1.54) is 12.1 Å². The van der Waals surface area contributed by atoms with Crippen LogP contribution in [0.1, 0.15) is 28.4 Å². The SMILES string of the molecule is CCOc1cc(C=NNC(=O)CN2CCOCC2)cc(Br)c1OCc1ccc(C(=O)O)cc1. The average molecular weight is 520 g/mol. The lowest BCUT2D eigenvalue weighted by atomic mass is 10.1. The van der Waals surface area contributed by atoms with E-state index >= 15 is 0 Å². The molecule has 0 radical (unpaired) electrons. The fourth-order valence-corrected chi connectivity index (χ4v) is 3.72. The Hall–Kier alpha value is -2.95. The summed E-state index contributed by atoms with van der Waals surface area (Å²) in [5.74, 6) is -0.118. The van der Waals surface area contributed by atoms with Crippen molar-refractivity contribution >= 4 is 34.0 Å². The number of hydrogen-bond donors (Lipinski definition) is 2. The van der Waals surface area contributed by atoms with E-state index in [4.69, 9.17) is 19.3 Å². The van der Waals surface area contributed by atoms with Crippen LogP contribution in [0.3, 0.4) is 0 Å². The molecule has 0 aliphatic carbocycles. The molecule has 1 fully saturated rings. The lowest BCUT2D eigenvalue weighted by Gasteiger charge is -2.25. The van der Waals surface area contributed by atoms with E-state index in [1.807, 2.05) is 17.9 Å². The summed E-state index contributed by atoms with van der Waals surface area (Å²) in [6, 6.07) is 10.1. The molecule has 2 N–H and O–H groups in total. The van der Waals surface area contributed by atoms with Gasteiger partial charge >= 0.3 is 5.97 Å². The van der Waals surface area contributed by atoms with Gasteiger partial charge in [-0.3, -0.25) is 9.69 Å². The number of rotatable bonds is 10. The molecular weight excluding hydrogens is 494 g/mol. The first-order valence-electron chi connectivity index (χ1n) is 10.5. The van der Waals surface area contributed by atoms with Crippen LogP contribution in [0.15, 0.2) is 46.0 Å². The number of carboxylic acid groups (broad SMARTS) is 1. The number of hydrogen-bond acceptors (Lipinski definition) is 7. The number of morpholine rings is 1. The molecule has 2 aromatic carbocycles. The Labute approximate surface area is 200 Å². The van der Waals surface area contributed by atoms with Gasteiger partial charge in [-0.1, -0.05) is 12.1 Å². The van der Waals surface area contributed by atoms with Gasteiger partial charge in [0.05, 0.1) is 42.6 Å². The van der Waals surface area contributed by atoms with Crippen LogP contribution in [-0.2, 0) is 16.1 Å². The summed E-state index contributed by atoms with van der Waals surface area (Å²) in [5, 5.41) is 13.1. The summed E-state index contributed by atoms with van der Waals surface area (Å²) in [6.45, 7) is 5.54. The highest BCUT2D eigenvalue weighted by Gasteiger charge is 2.14. The number of amides is 1. The molecule has 1 heterocycles. The molecule has 3 rings (SSSR count). The fourth-order valence-electron chi connectivity index (χ4n) is 3.14. The fraction of sp³-hybridized carbons (Fsp3) is 0.348. The molecule has 10 heteroatoms. The van der Waals surface area contributed by atoms with Crippen molar-refractivity contribution in [3.05, 3.63) is 57.6 Å². The Kier molecular flexibility index (Phi) is 9.23. The number of halogens is 1. The molecule has 1 amide bonds. The molecule has 0 aromatic heterocycles. The first-order valence-corrected chi connectivity index (χ1v) is 11.3. The van der Waals surface area contributed by atoms with Crippen molar-refractivity contribution in [2.24, 2.45) is 5.10 Å². The molecule has 2 aromatic rings. The maximum absolute atomic E-state index is 12.1. The highest BCUT2D eigenvalue weighted by molar-refractivity contribution is 9.10. The first kappa shape index (κ1) is 24.7. The minimum atomic E-state index is -0.974. The number of ether oxygens (including phenoxy) is 3. The van der Waals surface area contributed by atoms with Gasteiger partial charge in [0.1, 0.15) is 6.61 Å². The number of carbonyl (C=O) groups is 2. The zero-order chi connectivity index (χ0) is 23.6. The first-order chi connectivity index (χ1) is 16.0. The number of nitrogens with zero attached hydrogens (tertiary/aromatic N) is 2. The van der Waals surface area contributed by atoms with E-state index in [-0.39, 0.29) is 24.6 Å². The molecule has 1 aliphatic rings. The monoisotopic (exact) mass is 519 g/mol. The largest absolute Gasteiger partial charge is 0.490 e. The van der Waals surface area contributed by atoms with Crippen LogP contribution < -0.4 is 14.9 Å². The predicted molar refractivity (Wildman–Crippen MR) is 126 cm³/mol. The Bertz CT molecular complexity index is 990. The third-order valence-electron chi connectivity index (χ3n) is 4.79. The molecule has 33 heavy (non-hydrogen) atoms. The second kappa shape index (κ2) is 12.3. The number of aromatic carboxylic acids is 1. The van der Waals surface area contributed by atoms with Gasteiger partial charge < -0.3 is 19.3 Å². The third kappa shape index (κ3) is 7.55. The van der Waals surface area contributed by atoms with E-state index in [1.54, 1.807) is 24.4 Å². The molecule has 0 saturated carbocycles. The number of hydrazone groups is 1. The van der Waals surface area contributed by atoms with Gasteiger partial charge in [-0.05, 0) is 58.2 Å². The quantitative estimate of drug-likeness (QED) is 0.366. The van der Waals surface area contributed by atoms with E-state index in [0.29, 0.717) is 35.8 Å². The number of benzene rings is 2. The predicted octanol–water partition coefficient (Wildman–Crippen LogP) is 2.91. The molecule has 1 aliphatic heterocycles. The minimum Gasteiger partial charge on any atom is -0.490 e. The lowest BCUT2D eigenvalue weighted by Crippen LogP contribution is -2.42. The molecule has 0 unspecified atom stereocenters.